The maximum atomic E-state index is 6.30. The molecule has 0 aliphatic rings. The minimum absolute atomic E-state index is 0. The van der Waals surface area contributed by atoms with Crippen molar-refractivity contribution in [2.75, 3.05) is 5.73 Å². The van der Waals surface area contributed by atoms with Crippen LogP contribution in [0.5, 0.6) is 0 Å². The molecular formula is C21H16FeN4. The van der Waals surface area contributed by atoms with Crippen LogP contribution < -0.4 is 5.73 Å². The molecule has 0 amide bonds. The van der Waals surface area contributed by atoms with E-state index in [-0.39, 0.29) is 17.1 Å². The topological polar surface area (TPSA) is 64.7 Å². The van der Waals surface area contributed by atoms with Gasteiger partial charge in [0.25, 0.3) is 0 Å². The van der Waals surface area contributed by atoms with Gasteiger partial charge in [-0.1, -0.05) is 36.4 Å². The second-order valence-corrected chi connectivity index (χ2v) is 5.60. The van der Waals surface area contributed by atoms with Gasteiger partial charge >= 0.3 is 0 Å². The molecule has 0 radical (unpaired) electrons. The summed E-state index contributed by atoms with van der Waals surface area (Å²) < 4.78 is 0. The quantitative estimate of drug-likeness (QED) is 0.534. The normalized spacial score (nSPS) is 10.2. The average molecular weight is 380 g/mol. The number of pyridine rings is 3. The van der Waals surface area contributed by atoms with Crippen molar-refractivity contribution in [2.24, 2.45) is 0 Å². The summed E-state index contributed by atoms with van der Waals surface area (Å²) in [6.45, 7) is 0. The van der Waals surface area contributed by atoms with Gasteiger partial charge in [-0.2, -0.15) is 0 Å². The van der Waals surface area contributed by atoms with E-state index in [1.807, 2.05) is 66.7 Å². The number of hydrogen-bond acceptors (Lipinski definition) is 4. The fourth-order valence-corrected chi connectivity index (χ4v) is 2.89. The van der Waals surface area contributed by atoms with E-state index in [9.17, 15) is 0 Å². The zero-order chi connectivity index (χ0) is 17.1. The zero-order valence-electron chi connectivity index (χ0n) is 13.9. The van der Waals surface area contributed by atoms with E-state index in [0.29, 0.717) is 5.69 Å². The standard InChI is InChI=1S/C21H16N4.Fe/c22-17-11-14-25-21(19(17)15-7-2-1-3-8-15)20-16(9-6-13-24-20)18-10-4-5-12-23-18;/h1-14H,(H2,22,25);. The van der Waals surface area contributed by atoms with Crippen LogP contribution in [0, 0.1) is 0 Å². The van der Waals surface area contributed by atoms with Crippen molar-refractivity contribution in [3.63, 3.8) is 0 Å². The van der Waals surface area contributed by atoms with Crippen LogP contribution in [-0.2, 0) is 17.1 Å². The number of nitrogen functional groups attached to an aromatic ring is 1. The summed E-state index contributed by atoms with van der Waals surface area (Å²) in [4.78, 5) is 13.7. The Morgan fingerprint density at radius 1 is 0.615 bits per heavy atom. The molecule has 3 heterocycles. The number of nitrogens with zero attached hydrogens (tertiary/aromatic N) is 3. The first-order valence-corrected chi connectivity index (χ1v) is 8.01. The number of hydrogen-bond donors (Lipinski definition) is 1. The molecule has 4 aromatic rings. The smallest absolute Gasteiger partial charge is 0.0992 e. The van der Waals surface area contributed by atoms with Crippen molar-refractivity contribution in [1.29, 1.82) is 0 Å². The molecule has 0 bridgehead atoms. The van der Waals surface area contributed by atoms with Crippen LogP contribution in [0.25, 0.3) is 33.8 Å². The fourth-order valence-electron chi connectivity index (χ4n) is 2.89. The number of anilines is 1. The molecule has 0 saturated carbocycles. The van der Waals surface area contributed by atoms with Gasteiger partial charge < -0.3 is 5.73 Å². The number of benzene rings is 1. The first kappa shape index (κ1) is 17.8. The molecule has 0 aliphatic heterocycles. The van der Waals surface area contributed by atoms with E-state index in [2.05, 4.69) is 15.0 Å². The van der Waals surface area contributed by atoms with E-state index in [1.54, 1.807) is 18.6 Å². The molecule has 0 saturated heterocycles. The maximum absolute atomic E-state index is 6.30. The van der Waals surface area contributed by atoms with Crippen molar-refractivity contribution in [2.45, 2.75) is 0 Å². The second-order valence-electron chi connectivity index (χ2n) is 5.60. The Morgan fingerprint density at radius 2 is 1.35 bits per heavy atom. The van der Waals surface area contributed by atoms with Crippen LogP contribution in [0.1, 0.15) is 0 Å². The zero-order valence-corrected chi connectivity index (χ0v) is 15.0. The molecule has 4 nitrogen and oxygen atoms in total. The Balaban J connectivity index is 0.00000196. The molecule has 5 heteroatoms. The number of aromatic nitrogens is 3. The van der Waals surface area contributed by atoms with Crippen molar-refractivity contribution >= 4 is 5.69 Å². The third-order valence-corrected chi connectivity index (χ3v) is 4.02. The van der Waals surface area contributed by atoms with Gasteiger partial charge in [0.1, 0.15) is 0 Å². The summed E-state index contributed by atoms with van der Waals surface area (Å²) in [5.41, 5.74) is 12.2. The molecule has 4 rings (SSSR count). The predicted octanol–water partition coefficient (Wildman–Crippen LogP) is 4.45. The van der Waals surface area contributed by atoms with Crippen LogP contribution in [0.2, 0.25) is 0 Å². The average Bonchev–Trinajstić information content (AvgIpc) is 2.69. The van der Waals surface area contributed by atoms with E-state index < -0.39 is 0 Å². The van der Waals surface area contributed by atoms with E-state index in [0.717, 1.165) is 33.8 Å². The van der Waals surface area contributed by atoms with Gasteiger partial charge in [0.05, 0.1) is 17.1 Å². The summed E-state index contributed by atoms with van der Waals surface area (Å²) >= 11 is 0. The molecular weight excluding hydrogens is 364 g/mol. The van der Waals surface area contributed by atoms with Crippen molar-refractivity contribution in [3.05, 3.63) is 85.3 Å². The fraction of sp³-hybridized carbons (Fsp3) is 0. The monoisotopic (exact) mass is 380 g/mol. The van der Waals surface area contributed by atoms with Crippen LogP contribution in [-0.4, -0.2) is 15.0 Å². The van der Waals surface area contributed by atoms with Gasteiger partial charge in [0.15, 0.2) is 0 Å². The SMILES string of the molecule is Nc1ccnc(-c2ncccc2-c2ccccn2)c1-c1ccccc1.[Fe]. The van der Waals surface area contributed by atoms with Crippen LogP contribution in [0.15, 0.2) is 85.3 Å². The van der Waals surface area contributed by atoms with Gasteiger partial charge in [-0.15, -0.1) is 0 Å². The third kappa shape index (κ3) is 3.36. The molecule has 0 aliphatic carbocycles. The van der Waals surface area contributed by atoms with Gasteiger partial charge in [-0.25, -0.2) is 0 Å². The molecule has 26 heavy (non-hydrogen) atoms. The van der Waals surface area contributed by atoms with Gasteiger partial charge in [-0.3, -0.25) is 15.0 Å². The molecule has 0 spiro atoms. The Labute approximate surface area is 162 Å². The first-order valence-electron chi connectivity index (χ1n) is 8.01. The largest absolute Gasteiger partial charge is 0.398 e. The van der Waals surface area contributed by atoms with Crippen LogP contribution in [0.3, 0.4) is 0 Å². The number of nitrogens with two attached hydrogens (primary N) is 1. The first-order chi connectivity index (χ1) is 12.3. The molecule has 2 N–H and O–H groups in total. The third-order valence-electron chi connectivity index (χ3n) is 4.02. The second kappa shape index (κ2) is 7.91. The minimum atomic E-state index is 0. The van der Waals surface area contributed by atoms with E-state index in [1.165, 1.54) is 0 Å². The summed E-state index contributed by atoms with van der Waals surface area (Å²) in [5.74, 6) is 0. The Morgan fingerprint density at radius 3 is 2.12 bits per heavy atom. The summed E-state index contributed by atoms with van der Waals surface area (Å²) in [7, 11) is 0. The van der Waals surface area contributed by atoms with Gasteiger partial charge in [-0.05, 0) is 35.9 Å². The summed E-state index contributed by atoms with van der Waals surface area (Å²) in [6, 6.07) is 21.6. The molecule has 0 unspecified atom stereocenters. The van der Waals surface area contributed by atoms with E-state index >= 15 is 0 Å². The minimum Gasteiger partial charge on any atom is -0.398 e. The molecule has 0 atom stereocenters. The summed E-state index contributed by atoms with van der Waals surface area (Å²) in [6.07, 6.45) is 5.26. The molecule has 128 valence electrons. The maximum Gasteiger partial charge on any atom is 0.0992 e. The van der Waals surface area contributed by atoms with Crippen molar-refractivity contribution in [3.8, 4) is 33.8 Å². The van der Waals surface area contributed by atoms with Crippen molar-refractivity contribution in [1.82, 2.24) is 15.0 Å². The Bertz CT molecular complexity index is 1000. The number of rotatable bonds is 3. The van der Waals surface area contributed by atoms with E-state index in [4.69, 9.17) is 5.73 Å². The molecule has 0 fully saturated rings. The Kier molecular flexibility index (Phi) is 5.42. The molecule has 3 aromatic heterocycles. The van der Waals surface area contributed by atoms with Crippen LogP contribution in [0.4, 0.5) is 5.69 Å². The van der Waals surface area contributed by atoms with Gasteiger partial charge in [0.2, 0.25) is 0 Å². The predicted molar refractivity (Wildman–Crippen MR) is 101 cm³/mol. The van der Waals surface area contributed by atoms with Gasteiger partial charge in [0, 0.05) is 52.5 Å². The molecule has 1 aromatic carbocycles. The van der Waals surface area contributed by atoms with Crippen molar-refractivity contribution < 1.29 is 17.1 Å². The Hall–Kier alpha value is -3.01. The summed E-state index contributed by atoms with van der Waals surface area (Å²) in [5, 5.41) is 0. The van der Waals surface area contributed by atoms with Crippen LogP contribution >= 0.6 is 0 Å².